The topological polar surface area (TPSA) is 63.8 Å². The molecule has 1 N–H and O–H groups in total. The third kappa shape index (κ3) is 1.97. The average molecular weight is 403 g/mol. The second-order valence-electron chi connectivity index (χ2n) is 11.5. The zero-order chi connectivity index (χ0) is 19.8. The van der Waals surface area contributed by atoms with Crippen LogP contribution in [0.25, 0.3) is 0 Å². The molecule has 7 rings (SSSR count). The Balaban J connectivity index is 1.22. The molecule has 0 amide bonds. The molecule has 0 aromatic carbocycles. The average Bonchev–Trinajstić information content (AvgIpc) is 3.56. The molecule has 1 spiro atoms. The first-order chi connectivity index (χ1) is 13.9. The molecule has 0 bridgehead atoms. The van der Waals surface area contributed by atoms with Gasteiger partial charge in [0.25, 0.3) is 0 Å². The number of hydrogen-bond donors (Lipinski definition) is 1. The minimum atomic E-state index is -0.453. The van der Waals surface area contributed by atoms with Crippen LogP contribution in [0.2, 0.25) is 0 Å². The molecule has 3 aliphatic heterocycles. The van der Waals surface area contributed by atoms with E-state index in [1.165, 1.54) is 25.7 Å². The molecule has 3 saturated heterocycles. The maximum absolute atomic E-state index is 10.6. The molecule has 1 unspecified atom stereocenters. The first-order valence-electron chi connectivity index (χ1n) is 11.9. The Labute approximate surface area is 173 Å². The second kappa shape index (κ2) is 5.47. The summed E-state index contributed by atoms with van der Waals surface area (Å²) in [4.78, 5) is 0. The minimum Gasteiger partial charge on any atom is -0.387 e. The Morgan fingerprint density at radius 3 is 2.62 bits per heavy atom. The van der Waals surface area contributed by atoms with Crippen molar-refractivity contribution in [1.82, 2.24) is 0 Å². The number of epoxide rings is 2. The molecule has 29 heavy (non-hydrogen) atoms. The molecule has 160 valence electrons. The molecule has 0 aromatic rings. The lowest BCUT2D eigenvalue weighted by Crippen LogP contribution is -2.60. The highest BCUT2D eigenvalue weighted by Crippen LogP contribution is 2.74. The van der Waals surface area contributed by atoms with E-state index in [2.05, 4.69) is 32.9 Å². The van der Waals surface area contributed by atoms with Gasteiger partial charge in [0.1, 0.15) is 23.9 Å². The smallest absolute Gasteiger partial charge is 0.160 e. The number of allylic oxidation sites excluding steroid dienone is 1. The summed E-state index contributed by atoms with van der Waals surface area (Å²) in [7, 11) is 0. The standard InChI is InChI=1S/C24H34O5/c1-12(21-26-10-11-27-21)14-4-5-15-13-6-9-24-19(29-24)17(25)18-20(28-18)23(24,3)16(13)7-8-22(14,15)2/h6,9,12-21,25H,4-5,7-8,10-11H2,1-3H3/t12?,13-,14+,15-,16-,17-,18-,19+,20-,22+,23-,24+/m0/s1. The van der Waals surface area contributed by atoms with E-state index in [1.54, 1.807) is 0 Å². The van der Waals surface area contributed by atoms with Gasteiger partial charge in [0.15, 0.2) is 6.29 Å². The summed E-state index contributed by atoms with van der Waals surface area (Å²) in [6, 6.07) is 0. The fraction of sp³-hybridized carbons (Fsp3) is 0.917. The molecule has 0 radical (unpaired) electrons. The lowest BCUT2D eigenvalue weighted by Gasteiger charge is -2.57. The van der Waals surface area contributed by atoms with Crippen LogP contribution in [-0.4, -0.2) is 54.6 Å². The van der Waals surface area contributed by atoms with Gasteiger partial charge in [-0.15, -0.1) is 0 Å². The van der Waals surface area contributed by atoms with Crippen LogP contribution in [0.3, 0.4) is 0 Å². The van der Waals surface area contributed by atoms with Gasteiger partial charge < -0.3 is 24.1 Å². The SMILES string of the molecule is CC(C1OCCO1)[C@H]1CC[C@H]2[C@@H]3C=C[C@@]45O[C@@H]4[C@@H](O)[C@@H]4O[C@@H]4[C@]5(C)[C@H]3CC[C@]12C. The van der Waals surface area contributed by atoms with Gasteiger partial charge in [-0.2, -0.15) is 0 Å². The minimum absolute atomic E-state index is 0.00366. The van der Waals surface area contributed by atoms with Gasteiger partial charge >= 0.3 is 0 Å². The lowest BCUT2D eigenvalue weighted by atomic mass is 9.46. The normalized spacial score (nSPS) is 63.2. The van der Waals surface area contributed by atoms with Crippen LogP contribution in [0.5, 0.6) is 0 Å². The fourth-order valence-corrected chi connectivity index (χ4v) is 9.20. The summed E-state index contributed by atoms with van der Waals surface area (Å²) < 4.78 is 24.1. The summed E-state index contributed by atoms with van der Waals surface area (Å²) >= 11 is 0. The van der Waals surface area contributed by atoms with Crippen LogP contribution in [-0.2, 0) is 18.9 Å². The number of rotatable bonds is 2. The van der Waals surface area contributed by atoms with Crippen LogP contribution in [0.1, 0.15) is 46.5 Å². The van der Waals surface area contributed by atoms with E-state index in [9.17, 15) is 5.11 Å². The van der Waals surface area contributed by atoms with E-state index in [-0.39, 0.29) is 35.6 Å². The van der Waals surface area contributed by atoms with E-state index in [0.29, 0.717) is 35.0 Å². The summed E-state index contributed by atoms with van der Waals surface area (Å²) in [5.74, 6) is 3.01. The first kappa shape index (κ1) is 18.1. The maximum Gasteiger partial charge on any atom is 0.160 e. The Kier molecular flexibility index (Phi) is 3.42. The van der Waals surface area contributed by atoms with E-state index in [4.69, 9.17) is 18.9 Å². The van der Waals surface area contributed by atoms with Gasteiger partial charge in [-0.25, -0.2) is 0 Å². The lowest BCUT2D eigenvalue weighted by molar-refractivity contribution is -0.124. The van der Waals surface area contributed by atoms with Crippen molar-refractivity contribution in [1.29, 1.82) is 0 Å². The second-order valence-corrected chi connectivity index (χ2v) is 11.5. The van der Waals surface area contributed by atoms with Crippen LogP contribution in [0.4, 0.5) is 0 Å². The van der Waals surface area contributed by atoms with Gasteiger partial charge in [-0.1, -0.05) is 32.9 Å². The first-order valence-corrected chi connectivity index (χ1v) is 11.9. The molecular weight excluding hydrogens is 368 g/mol. The third-order valence-electron chi connectivity index (χ3n) is 10.7. The van der Waals surface area contributed by atoms with Crippen molar-refractivity contribution < 1.29 is 24.1 Å². The Hall–Kier alpha value is -0.460. The van der Waals surface area contributed by atoms with Crippen molar-refractivity contribution in [2.75, 3.05) is 13.2 Å². The molecule has 5 nitrogen and oxygen atoms in total. The predicted octanol–water partition coefficient (Wildman–Crippen LogP) is 2.91. The van der Waals surface area contributed by atoms with Gasteiger partial charge in [0.05, 0.1) is 19.3 Å². The van der Waals surface area contributed by atoms with E-state index < -0.39 is 6.10 Å². The highest BCUT2D eigenvalue weighted by Gasteiger charge is 2.84. The molecule has 7 aliphatic rings. The molecule has 12 atom stereocenters. The summed E-state index contributed by atoms with van der Waals surface area (Å²) in [5.41, 5.74) is 0.0718. The molecule has 0 aromatic heterocycles. The third-order valence-corrected chi connectivity index (χ3v) is 10.7. The van der Waals surface area contributed by atoms with Crippen molar-refractivity contribution in [3.8, 4) is 0 Å². The number of fused-ring (bicyclic) bond motifs is 6. The van der Waals surface area contributed by atoms with Crippen LogP contribution in [0, 0.1) is 40.4 Å². The van der Waals surface area contributed by atoms with E-state index in [0.717, 1.165) is 13.2 Å². The Bertz CT molecular complexity index is 762. The van der Waals surface area contributed by atoms with Crippen molar-refractivity contribution >= 4 is 0 Å². The largest absolute Gasteiger partial charge is 0.387 e. The number of hydrogen-bond acceptors (Lipinski definition) is 5. The number of aliphatic hydroxyl groups excluding tert-OH is 1. The number of aliphatic hydroxyl groups is 1. The molecule has 6 fully saturated rings. The van der Waals surface area contributed by atoms with Crippen molar-refractivity contribution in [3.05, 3.63) is 12.2 Å². The van der Waals surface area contributed by atoms with Gasteiger partial charge in [0.2, 0.25) is 0 Å². The highest BCUT2D eigenvalue weighted by molar-refractivity contribution is 5.39. The molecule has 3 heterocycles. The predicted molar refractivity (Wildman–Crippen MR) is 105 cm³/mol. The summed E-state index contributed by atoms with van der Waals surface area (Å²) in [6.45, 7) is 8.79. The van der Waals surface area contributed by atoms with Crippen LogP contribution < -0.4 is 0 Å². The van der Waals surface area contributed by atoms with Gasteiger partial charge in [-0.3, -0.25) is 0 Å². The van der Waals surface area contributed by atoms with Crippen molar-refractivity contribution in [3.63, 3.8) is 0 Å². The van der Waals surface area contributed by atoms with Crippen molar-refractivity contribution in [2.24, 2.45) is 40.4 Å². The summed E-state index contributed by atoms with van der Waals surface area (Å²) in [6.07, 6.45) is 9.53. The fourth-order valence-electron chi connectivity index (χ4n) is 9.20. The van der Waals surface area contributed by atoms with Crippen LogP contribution >= 0.6 is 0 Å². The zero-order valence-corrected chi connectivity index (χ0v) is 17.8. The molecule has 3 saturated carbocycles. The molecule has 4 aliphatic carbocycles. The summed E-state index contributed by atoms with van der Waals surface area (Å²) in [5, 5.41) is 10.6. The number of ether oxygens (including phenoxy) is 4. The van der Waals surface area contributed by atoms with E-state index >= 15 is 0 Å². The Morgan fingerprint density at radius 1 is 1.03 bits per heavy atom. The van der Waals surface area contributed by atoms with Crippen LogP contribution in [0.15, 0.2) is 12.2 Å². The van der Waals surface area contributed by atoms with Gasteiger partial charge in [0, 0.05) is 11.3 Å². The van der Waals surface area contributed by atoms with Gasteiger partial charge in [-0.05, 0) is 54.8 Å². The molecular formula is C24H34O5. The molecule has 5 heteroatoms. The Morgan fingerprint density at radius 2 is 1.83 bits per heavy atom. The van der Waals surface area contributed by atoms with E-state index in [1.807, 2.05) is 0 Å². The quantitative estimate of drug-likeness (QED) is 0.568. The monoisotopic (exact) mass is 402 g/mol. The highest BCUT2D eigenvalue weighted by atomic mass is 16.7. The zero-order valence-electron chi connectivity index (χ0n) is 17.8. The van der Waals surface area contributed by atoms with Crippen molar-refractivity contribution in [2.45, 2.75) is 82.8 Å². The maximum atomic E-state index is 10.6.